The summed E-state index contributed by atoms with van der Waals surface area (Å²) in [7, 11) is 2.08. The van der Waals surface area contributed by atoms with Crippen LogP contribution in [-0.4, -0.2) is 39.0 Å². The van der Waals surface area contributed by atoms with Crippen molar-refractivity contribution in [1.29, 1.82) is 0 Å². The van der Waals surface area contributed by atoms with E-state index < -0.39 is 0 Å². The summed E-state index contributed by atoms with van der Waals surface area (Å²) in [6, 6.07) is 0. The van der Waals surface area contributed by atoms with Gasteiger partial charge >= 0.3 is 16.5 Å². The second-order valence-electron chi connectivity index (χ2n) is 1.95. The zero-order valence-electron chi connectivity index (χ0n) is 5.16. The molecule has 0 aromatic heterocycles. The zero-order chi connectivity index (χ0) is 5.28. The van der Waals surface area contributed by atoms with Crippen molar-refractivity contribution in [2.24, 2.45) is 0 Å². The fourth-order valence-corrected chi connectivity index (χ4v) is 1.25. The molecule has 0 atom stereocenters. The van der Waals surface area contributed by atoms with E-state index in [4.69, 9.17) is 0 Å². The van der Waals surface area contributed by atoms with E-state index in [-0.39, 0.29) is 12.4 Å². The van der Waals surface area contributed by atoms with Gasteiger partial charge in [-0.15, -0.1) is 12.4 Å². The third-order valence-corrected chi connectivity index (χ3v) is 1.60. The molecule has 0 unspecified atom stereocenters. The molecule has 1 heterocycles. The average molecular weight is 149 g/mol. The summed E-state index contributed by atoms with van der Waals surface area (Å²) in [6.07, 6.45) is 4.21. The fraction of sp³-hybridized carbons (Fsp3) is 0.500. The van der Waals surface area contributed by atoms with Crippen LogP contribution >= 0.6 is 12.4 Å². The van der Waals surface area contributed by atoms with Crippen molar-refractivity contribution in [3.63, 3.8) is 0 Å². The largest absolute Gasteiger partial charge is 0.458 e. The Morgan fingerprint density at radius 2 is 2.12 bits per heavy atom. The third-order valence-electron chi connectivity index (χ3n) is 1.02. The van der Waals surface area contributed by atoms with Crippen LogP contribution in [0.1, 0.15) is 0 Å². The van der Waals surface area contributed by atoms with Gasteiger partial charge in [0, 0.05) is 13.2 Å². The van der Waals surface area contributed by atoms with Gasteiger partial charge in [-0.1, -0.05) is 0 Å². The number of nitrogens with zero attached hydrogens (tertiary/aromatic N) is 2. The number of hydrogen-bond donors (Lipinski definition) is 0. The monoisotopic (exact) mass is 148 g/mol. The Hall–Kier alpha value is 0.162. The number of halogens is 1. The molecule has 0 radical (unpaired) electrons. The molecule has 0 aromatic carbocycles. The minimum absolute atomic E-state index is 0. The predicted octanol–water partition coefficient (Wildman–Crippen LogP) is -0.368. The lowest BCUT2D eigenvalue weighted by Crippen LogP contribution is -2.18. The van der Waals surface area contributed by atoms with Crippen LogP contribution in [0.2, 0.25) is 0 Å². The van der Waals surface area contributed by atoms with E-state index in [9.17, 15) is 0 Å². The van der Waals surface area contributed by atoms with Crippen LogP contribution in [0.15, 0.2) is 12.4 Å². The summed E-state index contributed by atoms with van der Waals surface area (Å²) in [6.45, 7) is 1.09. The van der Waals surface area contributed by atoms with E-state index in [0.29, 0.717) is 0 Å². The Morgan fingerprint density at radius 1 is 1.50 bits per heavy atom. The lowest BCUT2D eigenvalue weighted by atomic mass is 10.9. The molecule has 0 saturated carbocycles. The highest BCUT2D eigenvalue weighted by Crippen LogP contribution is 1.96. The van der Waals surface area contributed by atoms with Crippen LogP contribution in [0.25, 0.3) is 0 Å². The molecule has 0 bridgehead atoms. The lowest BCUT2D eigenvalue weighted by molar-refractivity contribution is 0.402. The van der Waals surface area contributed by atoms with Gasteiger partial charge in [0.15, 0.2) is 0 Å². The SMILES string of the molecule is CN1C=C[N]([AlH2])C1.Cl. The predicted molar refractivity (Wildman–Crippen MR) is 39.4 cm³/mol. The van der Waals surface area contributed by atoms with Gasteiger partial charge in [-0.3, -0.25) is 0 Å². The number of rotatable bonds is 0. The molecule has 1 aliphatic heterocycles. The molecular formula is C4H10AlClN2. The molecule has 0 spiro atoms. The molecule has 8 heavy (non-hydrogen) atoms. The summed E-state index contributed by atoms with van der Waals surface area (Å²) in [5.41, 5.74) is 0. The van der Waals surface area contributed by atoms with Crippen LogP contribution in [0.3, 0.4) is 0 Å². The second-order valence-corrected chi connectivity index (χ2v) is 3.10. The van der Waals surface area contributed by atoms with Crippen LogP contribution < -0.4 is 0 Å². The average Bonchev–Trinajstić information content (AvgIpc) is 1.87. The maximum Gasteiger partial charge on any atom is 0.365 e. The molecule has 1 aliphatic rings. The smallest absolute Gasteiger partial charge is 0.365 e. The van der Waals surface area contributed by atoms with Crippen molar-refractivity contribution in [3.8, 4) is 0 Å². The first kappa shape index (κ1) is 8.16. The summed E-state index contributed by atoms with van der Waals surface area (Å²) in [4.78, 5) is 2.16. The maximum absolute atomic E-state index is 2.26. The van der Waals surface area contributed by atoms with Gasteiger partial charge in [0.2, 0.25) is 0 Å². The van der Waals surface area contributed by atoms with Gasteiger partial charge in [0.05, 0.1) is 6.67 Å². The Morgan fingerprint density at radius 3 is 2.25 bits per heavy atom. The summed E-state index contributed by atoms with van der Waals surface area (Å²) < 4.78 is 2.26. The minimum atomic E-state index is 0. The van der Waals surface area contributed by atoms with Gasteiger partial charge in [-0.2, -0.15) is 0 Å². The zero-order valence-corrected chi connectivity index (χ0v) is 7.98. The molecule has 0 amide bonds. The highest BCUT2D eigenvalue weighted by molar-refractivity contribution is 6.05. The summed E-state index contributed by atoms with van der Waals surface area (Å²) in [5, 5.41) is 0. The fourth-order valence-electron chi connectivity index (χ4n) is 0.674. The first-order chi connectivity index (χ1) is 3.29. The van der Waals surface area contributed by atoms with Gasteiger partial charge in [-0.05, 0) is 6.20 Å². The molecule has 46 valence electrons. The van der Waals surface area contributed by atoms with Gasteiger partial charge in [-0.25, -0.2) is 0 Å². The standard InChI is InChI=1S/C4H7N2.Al.ClH.2H/c1-6-3-2-5-4-6;;;;/h2-3H,4H2,1H3;;1H;;/q-1;+1;;;. The van der Waals surface area contributed by atoms with Crippen LogP contribution in [0.5, 0.6) is 0 Å². The Bertz CT molecular complexity index is 86.0. The van der Waals surface area contributed by atoms with Crippen molar-refractivity contribution in [3.05, 3.63) is 12.4 Å². The minimum Gasteiger partial charge on any atom is -0.458 e. The van der Waals surface area contributed by atoms with E-state index >= 15 is 0 Å². The van der Waals surface area contributed by atoms with Crippen LogP contribution in [0.4, 0.5) is 0 Å². The van der Waals surface area contributed by atoms with E-state index in [1.807, 2.05) is 0 Å². The van der Waals surface area contributed by atoms with Crippen LogP contribution in [0, 0.1) is 0 Å². The third kappa shape index (κ3) is 1.96. The topological polar surface area (TPSA) is 6.48 Å². The highest BCUT2D eigenvalue weighted by atomic mass is 35.5. The molecule has 0 aliphatic carbocycles. The molecule has 4 heteroatoms. The highest BCUT2D eigenvalue weighted by Gasteiger charge is 1.99. The molecule has 1 rings (SSSR count). The Labute approximate surface area is 64.2 Å². The van der Waals surface area contributed by atoms with Gasteiger partial charge in [0.25, 0.3) is 0 Å². The van der Waals surface area contributed by atoms with Crippen LogP contribution in [-0.2, 0) is 0 Å². The summed E-state index contributed by atoms with van der Waals surface area (Å²) >= 11 is 1.15. The van der Waals surface area contributed by atoms with E-state index in [1.54, 1.807) is 0 Å². The van der Waals surface area contributed by atoms with Crippen molar-refractivity contribution in [2.45, 2.75) is 0 Å². The van der Waals surface area contributed by atoms with Crippen molar-refractivity contribution >= 4 is 28.9 Å². The molecule has 0 fully saturated rings. The Kier molecular flexibility index (Phi) is 3.31. The molecule has 0 aromatic rings. The normalized spacial score (nSPS) is 16.6. The van der Waals surface area contributed by atoms with E-state index in [1.165, 1.54) is 0 Å². The molecule has 2 nitrogen and oxygen atoms in total. The van der Waals surface area contributed by atoms with Crippen molar-refractivity contribution in [2.75, 3.05) is 13.7 Å². The van der Waals surface area contributed by atoms with Crippen molar-refractivity contribution in [1.82, 2.24) is 8.78 Å². The van der Waals surface area contributed by atoms with E-state index in [0.717, 1.165) is 23.2 Å². The second kappa shape index (κ2) is 3.24. The lowest BCUT2D eigenvalue weighted by Gasteiger charge is -2.12. The Balaban J connectivity index is 0.000000490. The molecule has 0 N–H and O–H groups in total. The maximum atomic E-state index is 2.26. The van der Waals surface area contributed by atoms with Gasteiger partial charge in [0.1, 0.15) is 0 Å². The first-order valence-corrected chi connectivity index (χ1v) is 3.27. The van der Waals surface area contributed by atoms with Crippen molar-refractivity contribution < 1.29 is 0 Å². The molecule has 0 saturated heterocycles. The number of hydrogen-bond acceptors (Lipinski definition) is 2. The summed E-state index contributed by atoms with van der Waals surface area (Å²) in [5.74, 6) is 0. The molecular weight excluding hydrogens is 138 g/mol. The van der Waals surface area contributed by atoms with Gasteiger partial charge < -0.3 is 8.78 Å². The first-order valence-electron chi connectivity index (χ1n) is 2.38. The quantitative estimate of drug-likeness (QED) is 0.433. The van der Waals surface area contributed by atoms with E-state index in [2.05, 4.69) is 28.2 Å².